The Morgan fingerprint density at radius 2 is 1.79 bits per heavy atom. The molecule has 1 aliphatic rings. The van der Waals surface area contributed by atoms with Gasteiger partial charge in [0.25, 0.3) is 0 Å². The molecule has 0 aromatic heterocycles. The molecular formula is C17H35NS. The minimum Gasteiger partial charge on any atom is -0.313 e. The first kappa shape index (κ1) is 17.4. The third-order valence-electron chi connectivity index (χ3n) is 5.22. The van der Waals surface area contributed by atoms with Gasteiger partial charge in [0.05, 0.1) is 0 Å². The smallest absolute Gasteiger partial charge is 0.0276 e. The number of thioether (sulfide) groups is 1. The van der Waals surface area contributed by atoms with E-state index in [2.05, 4.69) is 44.1 Å². The molecule has 0 aliphatic heterocycles. The summed E-state index contributed by atoms with van der Waals surface area (Å²) >= 11 is 2.06. The molecule has 2 heteroatoms. The molecule has 0 radical (unpaired) electrons. The minimum atomic E-state index is 0.467. The lowest BCUT2D eigenvalue weighted by Crippen LogP contribution is -2.41. The van der Waals surface area contributed by atoms with Crippen LogP contribution in [0.15, 0.2) is 0 Å². The molecule has 0 heterocycles. The summed E-state index contributed by atoms with van der Waals surface area (Å²) in [4.78, 5) is 0. The molecule has 0 bridgehead atoms. The molecule has 1 rings (SSSR count). The number of rotatable bonds is 8. The highest BCUT2D eigenvalue weighted by Gasteiger charge is 2.26. The fraction of sp³-hybridized carbons (Fsp3) is 1.00. The van der Waals surface area contributed by atoms with Gasteiger partial charge in [0.2, 0.25) is 0 Å². The molecule has 1 saturated carbocycles. The summed E-state index contributed by atoms with van der Waals surface area (Å²) in [5, 5.41) is 3.90. The Kier molecular flexibility index (Phi) is 8.48. The molecule has 1 aliphatic carbocycles. The largest absolute Gasteiger partial charge is 0.313 e. The van der Waals surface area contributed by atoms with Gasteiger partial charge in [0.15, 0.2) is 0 Å². The molecule has 0 aromatic rings. The van der Waals surface area contributed by atoms with Crippen LogP contribution in [-0.4, -0.2) is 23.6 Å². The number of hydrogen-bond donors (Lipinski definition) is 1. The zero-order valence-electron chi connectivity index (χ0n) is 13.6. The lowest BCUT2D eigenvalue weighted by Gasteiger charge is -2.32. The van der Waals surface area contributed by atoms with Crippen molar-refractivity contribution in [1.82, 2.24) is 5.32 Å². The van der Waals surface area contributed by atoms with Crippen molar-refractivity contribution >= 4 is 11.8 Å². The molecule has 2 unspecified atom stereocenters. The molecule has 1 nitrogen and oxygen atoms in total. The van der Waals surface area contributed by atoms with E-state index >= 15 is 0 Å². The second-order valence-corrected chi connectivity index (χ2v) is 7.61. The first-order valence-corrected chi connectivity index (χ1v) is 9.70. The van der Waals surface area contributed by atoms with Crippen LogP contribution >= 0.6 is 11.8 Å². The van der Waals surface area contributed by atoms with Gasteiger partial charge in [0.1, 0.15) is 0 Å². The SMILES string of the molecule is CCCC1CCCC(NCC(CC)(CC)SC)CC1. The summed E-state index contributed by atoms with van der Waals surface area (Å²) in [6.45, 7) is 8.21. The van der Waals surface area contributed by atoms with E-state index in [0.717, 1.165) is 12.0 Å². The van der Waals surface area contributed by atoms with Crippen molar-refractivity contribution < 1.29 is 0 Å². The molecule has 0 saturated heterocycles. The molecule has 2 atom stereocenters. The topological polar surface area (TPSA) is 12.0 Å². The highest BCUT2D eigenvalue weighted by atomic mass is 32.2. The maximum atomic E-state index is 3.90. The average Bonchev–Trinajstić information content (AvgIpc) is 2.67. The fourth-order valence-electron chi connectivity index (χ4n) is 3.47. The van der Waals surface area contributed by atoms with Crippen molar-refractivity contribution in [1.29, 1.82) is 0 Å². The van der Waals surface area contributed by atoms with E-state index in [-0.39, 0.29) is 0 Å². The Morgan fingerprint density at radius 1 is 1.05 bits per heavy atom. The second kappa shape index (κ2) is 9.28. The van der Waals surface area contributed by atoms with Crippen LogP contribution in [0, 0.1) is 5.92 Å². The third-order valence-corrected chi connectivity index (χ3v) is 6.81. The predicted molar refractivity (Wildman–Crippen MR) is 90.1 cm³/mol. The third kappa shape index (κ3) is 5.67. The lowest BCUT2D eigenvalue weighted by atomic mass is 9.95. The van der Waals surface area contributed by atoms with Crippen LogP contribution in [0.1, 0.15) is 78.6 Å². The molecule has 1 N–H and O–H groups in total. The average molecular weight is 286 g/mol. The summed E-state index contributed by atoms with van der Waals surface area (Å²) in [7, 11) is 0. The van der Waals surface area contributed by atoms with Crippen LogP contribution in [-0.2, 0) is 0 Å². The maximum absolute atomic E-state index is 3.90. The summed E-state index contributed by atoms with van der Waals surface area (Å²) in [6.07, 6.45) is 14.8. The van der Waals surface area contributed by atoms with Crippen LogP contribution in [0.25, 0.3) is 0 Å². The van der Waals surface area contributed by atoms with Gasteiger partial charge in [-0.05, 0) is 44.3 Å². The van der Waals surface area contributed by atoms with Gasteiger partial charge in [-0.25, -0.2) is 0 Å². The van der Waals surface area contributed by atoms with Gasteiger partial charge >= 0.3 is 0 Å². The minimum absolute atomic E-state index is 0.467. The van der Waals surface area contributed by atoms with Crippen molar-refractivity contribution in [3.63, 3.8) is 0 Å². The first-order chi connectivity index (χ1) is 9.19. The van der Waals surface area contributed by atoms with Gasteiger partial charge in [-0.2, -0.15) is 11.8 Å². The van der Waals surface area contributed by atoms with E-state index in [1.165, 1.54) is 64.3 Å². The van der Waals surface area contributed by atoms with Crippen LogP contribution in [0.2, 0.25) is 0 Å². The van der Waals surface area contributed by atoms with E-state index in [0.29, 0.717) is 4.75 Å². The summed E-state index contributed by atoms with van der Waals surface area (Å²) in [5.41, 5.74) is 0. The quantitative estimate of drug-likeness (QED) is 0.612. The standard InChI is InChI=1S/C17H35NS/c1-5-9-15-10-8-11-16(13-12-15)18-14-17(6-2,7-3)19-4/h15-16,18H,5-14H2,1-4H3. The van der Waals surface area contributed by atoms with E-state index in [4.69, 9.17) is 0 Å². The normalized spacial score (nSPS) is 25.3. The van der Waals surface area contributed by atoms with Crippen molar-refractivity contribution in [3.05, 3.63) is 0 Å². The summed E-state index contributed by atoms with van der Waals surface area (Å²) < 4.78 is 0.467. The van der Waals surface area contributed by atoms with E-state index in [9.17, 15) is 0 Å². The highest BCUT2D eigenvalue weighted by Crippen LogP contribution is 2.31. The van der Waals surface area contributed by atoms with Crippen molar-refractivity contribution in [2.75, 3.05) is 12.8 Å². The molecule has 0 spiro atoms. The fourth-order valence-corrected chi connectivity index (χ4v) is 4.28. The molecule has 114 valence electrons. The zero-order valence-corrected chi connectivity index (χ0v) is 14.5. The Balaban J connectivity index is 2.37. The maximum Gasteiger partial charge on any atom is 0.0276 e. The van der Waals surface area contributed by atoms with Gasteiger partial charge in [-0.1, -0.05) is 46.5 Å². The molecule has 0 aromatic carbocycles. The van der Waals surface area contributed by atoms with Gasteiger partial charge in [-0.3, -0.25) is 0 Å². The van der Waals surface area contributed by atoms with E-state index in [1.54, 1.807) is 0 Å². The Bertz CT molecular complexity index is 217. The Hall–Kier alpha value is 0.310. The van der Waals surface area contributed by atoms with Gasteiger partial charge in [-0.15, -0.1) is 0 Å². The van der Waals surface area contributed by atoms with Crippen molar-refractivity contribution in [2.24, 2.45) is 5.92 Å². The molecule has 1 fully saturated rings. The summed E-state index contributed by atoms with van der Waals surface area (Å²) in [6, 6.07) is 0.784. The van der Waals surface area contributed by atoms with Gasteiger partial charge in [0, 0.05) is 17.3 Å². The van der Waals surface area contributed by atoms with E-state index < -0.39 is 0 Å². The molecule has 0 amide bonds. The van der Waals surface area contributed by atoms with Crippen molar-refractivity contribution in [3.8, 4) is 0 Å². The molecule has 19 heavy (non-hydrogen) atoms. The second-order valence-electron chi connectivity index (χ2n) is 6.34. The Morgan fingerprint density at radius 3 is 2.37 bits per heavy atom. The monoisotopic (exact) mass is 285 g/mol. The van der Waals surface area contributed by atoms with E-state index in [1.807, 2.05) is 0 Å². The number of hydrogen-bond acceptors (Lipinski definition) is 2. The van der Waals surface area contributed by atoms with Crippen LogP contribution in [0.5, 0.6) is 0 Å². The van der Waals surface area contributed by atoms with Crippen molar-refractivity contribution in [2.45, 2.75) is 89.3 Å². The summed E-state index contributed by atoms with van der Waals surface area (Å²) in [5.74, 6) is 1.01. The predicted octanol–water partition coefficient (Wildman–Crippen LogP) is 5.25. The zero-order chi connectivity index (χ0) is 14.1. The molecular weight excluding hydrogens is 250 g/mol. The number of nitrogens with one attached hydrogen (secondary N) is 1. The van der Waals surface area contributed by atoms with Gasteiger partial charge < -0.3 is 5.32 Å². The van der Waals surface area contributed by atoms with Crippen LogP contribution in [0.4, 0.5) is 0 Å². The van der Waals surface area contributed by atoms with Crippen LogP contribution in [0.3, 0.4) is 0 Å². The first-order valence-electron chi connectivity index (χ1n) is 8.48. The Labute approximate surface area is 125 Å². The highest BCUT2D eigenvalue weighted by molar-refractivity contribution is 8.00. The van der Waals surface area contributed by atoms with Crippen LogP contribution < -0.4 is 5.32 Å². The lowest BCUT2D eigenvalue weighted by molar-refractivity contribution is 0.392.